The van der Waals surface area contributed by atoms with E-state index in [9.17, 15) is 4.79 Å². The minimum Gasteiger partial charge on any atom is -0.273 e. The molecule has 2 aromatic rings. The van der Waals surface area contributed by atoms with E-state index < -0.39 is 0 Å². The average Bonchev–Trinajstić information content (AvgIpc) is 2.61. The van der Waals surface area contributed by atoms with Crippen LogP contribution in [-0.4, -0.2) is 15.7 Å². The number of carbonyl (C=O) groups is 1. The summed E-state index contributed by atoms with van der Waals surface area (Å²) in [5, 5.41) is 5.01. The Bertz CT molecular complexity index is 572. The van der Waals surface area contributed by atoms with Crippen LogP contribution in [0.1, 0.15) is 17.3 Å². The highest BCUT2D eigenvalue weighted by molar-refractivity contribution is 9.10. The maximum atomic E-state index is 11.3. The van der Waals surface area contributed by atoms with Gasteiger partial charge < -0.3 is 0 Å². The van der Waals surface area contributed by atoms with Gasteiger partial charge in [-0.1, -0.05) is 22.0 Å². The molecule has 0 spiro atoms. The Labute approximate surface area is 102 Å². The highest BCUT2D eigenvalue weighted by atomic mass is 79.9. The Morgan fingerprint density at radius 3 is 3.00 bits per heavy atom. The molecule has 16 heavy (non-hydrogen) atoms. The normalized spacial score (nSPS) is 10.6. The number of nitrogens with zero attached hydrogens (tertiary/aromatic N) is 2. The quantitative estimate of drug-likeness (QED) is 0.791. The third-order valence-electron chi connectivity index (χ3n) is 2.40. The molecule has 4 heteroatoms. The Hall–Kier alpha value is -1.42. The van der Waals surface area contributed by atoms with Gasteiger partial charge in [0.25, 0.3) is 0 Å². The van der Waals surface area contributed by atoms with E-state index in [1.54, 1.807) is 6.20 Å². The highest BCUT2D eigenvalue weighted by Gasteiger charge is 2.09. The summed E-state index contributed by atoms with van der Waals surface area (Å²) in [5.74, 6) is -0.0816. The molecule has 1 heterocycles. The molecule has 0 aliphatic heterocycles. The predicted octanol–water partition coefficient (Wildman–Crippen LogP) is 3.19. The SMILES string of the molecule is C=CCc1cc2c(cnn2C(C)=O)cc1Br. The first kappa shape index (κ1) is 11.1. The van der Waals surface area contributed by atoms with E-state index >= 15 is 0 Å². The van der Waals surface area contributed by atoms with Crippen molar-refractivity contribution in [1.29, 1.82) is 0 Å². The molecule has 3 nitrogen and oxygen atoms in total. The highest BCUT2D eigenvalue weighted by Crippen LogP contribution is 2.25. The summed E-state index contributed by atoms with van der Waals surface area (Å²) in [6.45, 7) is 5.21. The molecule has 0 aliphatic rings. The Balaban J connectivity index is 2.68. The van der Waals surface area contributed by atoms with Crippen molar-refractivity contribution >= 4 is 32.7 Å². The molecule has 0 aliphatic carbocycles. The molecule has 0 unspecified atom stereocenters. The summed E-state index contributed by atoms with van der Waals surface area (Å²) >= 11 is 3.49. The maximum Gasteiger partial charge on any atom is 0.244 e. The third-order valence-corrected chi connectivity index (χ3v) is 3.14. The second kappa shape index (κ2) is 4.22. The van der Waals surface area contributed by atoms with Crippen molar-refractivity contribution in [2.24, 2.45) is 0 Å². The van der Waals surface area contributed by atoms with Crippen LogP contribution in [-0.2, 0) is 6.42 Å². The van der Waals surface area contributed by atoms with Crippen LogP contribution in [0.5, 0.6) is 0 Å². The predicted molar refractivity (Wildman–Crippen MR) is 67.6 cm³/mol. The van der Waals surface area contributed by atoms with Crippen LogP contribution >= 0.6 is 15.9 Å². The van der Waals surface area contributed by atoms with Crippen molar-refractivity contribution in [1.82, 2.24) is 9.78 Å². The van der Waals surface area contributed by atoms with E-state index in [0.29, 0.717) is 0 Å². The number of carbonyl (C=O) groups excluding carboxylic acids is 1. The Morgan fingerprint density at radius 1 is 1.62 bits per heavy atom. The lowest BCUT2D eigenvalue weighted by Crippen LogP contribution is -2.06. The van der Waals surface area contributed by atoms with Crippen molar-refractivity contribution in [2.75, 3.05) is 0 Å². The number of benzene rings is 1. The van der Waals surface area contributed by atoms with Crippen LogP contribution < -0.4 is 0 Å². The molecule has 0 saturated carbocycles. The lowest BCUT2D eigenvalue weighted by atomic mass is 10.1. The number of halogens is 1. The van der Waals surface area contributed by atoms with Crippen LogP contribution in [0.3, 0.4) is 0 Å². The Morgan fingerprint density at radius 2 is 2.38 bits per heavy atom. The molecule has 0 N–H and O–H groups in total. The van der Waals surface area contributed by atoms with Crippen molar-refractivity contribution in [2.45, 2.75) is 13.3 Å². The number of fused-ring (bicyclic) bond motifs is 1. The van der Waals surface area contributed by atoms with Crippen LogP contribution in [0.2, 0.25) is 0 Å². The van der Waals surface area contributed by atoms with Crippen molar-refractivity contribution in [3.05, 3.63) is 41.0 Å². The molecule has 1 aromatic carbocycles. The smallest absolute Gasteiger partial charge is 0.244 e. The van der Waals surface area contributed by atoms with Crippen LogP contribution in [0.25, 0.3) is 10.9 Å². The Kier molecular flexibility index (Phi) is 2.92. The number of rotatable bonds is 2. The molecule has 0 bridgehead atoms. The van der Waals surface area contributed by atoms with Crippen LogP contribution in [0.15, 0.2) is 35.5 Å². The van der Waals surface area contributed by atoms with E-state index in [1.807, 2.05) is 18.2 Å². The van der Waals surface area contributed by atoms with Crippen molar-refractivity contribution in [3.63, 3.8) is 0 Å². The van der Waals surface area contributed by atoms with Gasteiger partial charge in [-0.15, -0.1) is 6.58 Å². The zero-order valence-corrected chi connectivity index (χ0v) is 10.5. The van der Waals surface area contributed by atoms with E-state index in [1.165, 1.54) is 11.6 Å². The number of allylic oxidation sites excluding steroid dienone is 1. The van der Waals surface area contributed by atoms with Crippen LogP contribution in [0, 0.1) is 0 Å². The van der Waals surface area contributed by atoms with E-state index in [0.717, 1.165) is 27.4 Å². The zero-order valence-electron chi connectivity index (χ0n) is 8.90. The molecule has 0 fully saturated rings. The first-order valence-electron chi connectivity index (χ1n) is 4.91. The first-order valence-corrected chi connectivity index (χ1v) is 5.70. The number of hydrogen-bond donors (Lipinski definition) is 0. The van der Waals surface area contributed by atoms with Gasteiger partial charge in [-0.2, -0.15) is 5.10 Å². The maximum absolute atomic E-state index is 11.3. The van der Waals surface area contributed by atoms with E-state index in [4.69, 9.17) is 0 Å². The molecule has 2 rings (SSSR count). The third kappa shape index (κ3) is 1.80. The van der Waals surface area contributed by atoms with Gasteiger partial charge in [0.05, 0.1) is 11.7 Å². The summed E-state index contributed by atoms with van der Waals surface area (Å²) in [6.07, 6.45) is 4.29. The van der Waals surface area contributed by atoms with Gasteiger partial charge in [0, 0.05) is 16.8 Å². The van der Waals surface area contributed by atoms with Gasteiger partial charge in [0.1, 0.15) is 0 Å². The minimum absolute atomic E-state index is 0.0816. The van der Waals surface area contributed by atoms with Gasteiger partial charge in [-0.3, -0.25) is 4.79 Å². The van der Waals surface area contributed by atoms with Gasteiger partial charge in [0.15, 0.2) is 0 Å². The molecule has 0 amide bonds. The molecule has 0 radical (unpaired) electrons. The lowest BCUT2D eigenvalue weighted by Gasteiger charge is -2.03. The summed E-state index contributed by atoms with van der Waals surface area (Å²) in [6, 6.07) is 3.94. The standard InChI is InChI=1S/C12H11BrN2O/c1-3-4-9-6-12-10(5-11(9)13)7-14-15(12)8(2)16/h3,5-7H,1,4H2,2H3. The topological polar surface area (TPSA) is 34.9 Å². The van der Waals surface area contributed by atoms with Gasteiger partial charge >= 0.3 is 0 Å². The molecular weight excluding hydrogens is 268 g/mol. The van der Waals surface area contributed by atoms with Gasteiger partial charge in [0.2, 0.25) is 5.91 Å². The van der Waals surface area contributed by atoms with Crippen molar-refractivity contribution < 1.29 is 4.79 Å². The van der Waals surface area contributed by atoms with Crippen LogP contribution in [0.4, 0.5) is 0 Å². The zero-order chi connectivity index (χ0) is 11.7. The molecular formula is C12H11BrN2O. The summed E-state index contributed by atoms with van der Waals surface area (Å²) in [5.41, 5.74) is 1.94. The largest absolute Gasteiger partial charge is 0.273 e. The molecule has 0 saturated heterocycles. The van der Waals surface area contributed by atoms with Crippen molar-refractivity contribution in [3.8, 4) is 0 Å². The summed E-state index contributed by atoms with van der Waals surface area (Å²) in [4.78, 5) is 11.3. The fraction of sp³-hybridized carbons (Fsp3) is 0.167. The molecule has 1 aromatic heterocycles. The van der Waals surface area contributed by atoms with Gasteiger partial charge in [-0.05, 0) is 24.1 Å². The first-order chi connectivity index (χ1) is 7.63. The molecule has 82 valence electrons. The lowest BCUT2D eigenvalue weighted by molar-refractivity contribution is 0.0927. The second-order valence-electron chi connectivity index (χ2n) is 3.57. The van der Waals surface area contributed by atoms with E-state index in [-0.39, 0.29) is 5.91 Å². The minimum atomic E-state index is -0.0816. The monoisotopic (exact) mass is 278 g/mol. The second-order valence-corrected chi connectivity index (χ2v) is 4.42. The average molecular weight is 279 g/mol. The number of hydrogen-bond acceptors (Lipinski definition) is 2. The fourth-order valence-electron chi connectivity index (χ4n) is 1.65. The molecule has 0 atom stereocenters. The number of aromatic nitrogens is 2. The van der Waals surface area contributed by atoms with E-state index in [2.05, 4.69) is 27.6 Å². The summed E-state index contributed by atoms with van der Waals surface area (Å²) in [7, 11) is 0. The summed E-state index contributed by atoms with van der Waals surface area (Å²) < 4.78 is 2.43. The van der Waals surface area contributed by atoms with Gasteiger partial charge in [-0.25, -0.2) is 4.68 Å². The fourth-order valence-corrected chi connectivity index (χ4v) is 2.18.